The van der Waals surface area contributed by atoms with Crippen molar-refractivity contribution >= 4 is 11.9 Å². The Hall–Kier alpha value is -1.47. The fraction of sp³-hybridized carbons (Fsp3) is 0.769. The summed E-state index contributed by atoms with van der Waals surface area (Å²) in [5.41, 5.74) is 5.74. The fourth-order valence-electron chi connectivity index (χ4n) is 2.51. The Bertz CT molecular complexity index is 429. The van der Waals surface area contributed by atoms with Gasteiger partial charge < -0.3 is 16.0 Å². The van der Waals surface area contributed by atoms with E-state index in [2.05, 4.69) is 32.2 Å². The molecule has 3 N–H and O–H groups in total. The molecule has 1 aliphatic heterocycles. The Morgan fingerprint density at radius 2 is 1.85 bits per heavy atom. The second-order valence-electron chi connectivity index (χ2n) is 5.69. The molecule has 112 valence electrons. The van der Waals surface area contributed by atoms with Gasteiger partial charge in [-0.25, -0.2) is 0 Å². The molecule has 0 bridgehead atoms. The largest absolute Gasteiger partial charge is 0.368 e. The summed E-state index contributed by atoms with van der Waals surface area (Å²) in [7, 11) is 5.91. The van der Waals surface area contributed by atoms with Crippen LogP contribution in [0.2, 0.25) is 0 Å². The van der Waals surface area contributed by atoms with Gasteiger partial charge in [0.05, 0.1) is 6.54 Å². The molecule has 0 unspecified atom stereocenters. The van der Waals surface area contributed by atoms with Crippen LogP contribution >= 0.6 is 0 Å². The van der Waals surface area contributed by atoms with Gasteiger partial charge in [-0.3, -0.25) is 4.90 Å². The lowest BCUT2D eigenvalue weighted by Crippen LogP contribution is -2.34. The Morgan fingerprint density at radius 3 is 2.50 bits per heavy atom. The minimum atomic E-state index is 0.286. The smallest absolute Gasteiger partial charge is 0.229 e. The zero-order chi connectivity index (χ0) is 14.5. The molecule has 7 heteroatoms. The first kappa shape index (κ1) is 14.9. The highest BCUT2D eigenvalue weighted by Gasteiger charge is 2.16. The first-order valence-electron chi connectivity index (χ1n) is 7.11. The summed E-state index contributed by atoms with van der Waals surface area (Å²) in [6.45, 7) is 4.03. The summed E-state index contributed by atoms with van der Waals surface area (Å²) < 4.78 is 0. The summed E-state index contributed by atoms with van der Waals surface area (Å²) in [5, 5.41) is 3.39. The third-order valence-corrected chi connectivity index (χ3v) is 3.53. The molecule has 0 aromatic carbocycles. The molecular formula is C13H25N7. The van der Waals surface area contributed by atoms with Gasteiger partial charge in [-0.1, -0.05) is 0 Å². The molecule has 0 spiro atoms. The molecule has 1 fully saturated rings. The number of anilines is 2. The molecule has 0 radical (unpaired) electrons. The minimum absolute atomic E-state index is 0.286. The predicted molar refractivity (Wildman–Crippen MR) is 80.5 cm³/mol. The summed E-state index contributed by atoms with van der Waals surface area (Å²) >= 11 is 0. The summed E-state index contributed by atoms with van der Waals surface area (Å²) in [4.78, 5) is 16.9. The molecule has 0 atom stereocenters. The van der Waals surface area contributed by atoms with Crippen LogP contribution in [0.4, 0.5) is 11.9 Å². The number of aromatic nitrogens is 3. The van der Waals surface area contributed by atoms with E-state index in [1.54, 1.807) is 0 Å². The Kier molecular flexibility index (Phi) is 5.08. The van der Waals surface area contributed by atoms with Crippen LogP contribution in [0.3, 0.4) is 0 Å². The molecule has 0 aliphatic carbocycles. The van der Waals surface area contributed by atoms with Gasteiger partial charge in [-0.2, -0.15) is 15.0 Å². The van der Waals surface area contributed by atoms with Crippen LogP contribution in [0.25, 0.3) is 0 Å². The van der Waals surface area contributed by atoms with Crippen LogP contribution < -0.4 is 16.0 Å². The van der Waals surface area contributed by atoms with Gasteiger partial charge in [0.1, 0.15) is 5.82 Å². The summed E-state index contributed by atoms with van der Waals surface area (Å²) in [6, 6.07) is 0. The molecule has 0 saturated carbocycles. The van der Waals surface area contributed by atoms with Crippen molar-refractivity contribution in [3.8, 4) is 0 Å². The second-order valence-corrected chi connectivity index (χ2v) is 5.69. The number of nitrogens with zero attached hydrogens (tertiary/aromatic N) is 5. The SMILES string of the molecule is CN(Cc1nc(N)nc(N(C)C)n1)CC1CCNCC1. The maximum absolute atomic E-state index is 5.74. The van der Waals surface area contributed by atoms with E-state index in [0.717, 1.165) is 31.4 Å². The molecule has 7 nitrogen and oxygen atoms in total. The van der Waals surface area contributed by atoms with Gasteiger partial charge >= 0.3 is 0 Å². The van der Waals surface area contributed by atoms with Gasteiger partial charge in [0.2, 0.25) is 11.9 Å². The lowest BCUT2D eigenvalue weighted by molar-refractivity contribution is 0.230. The highest BCUT2D eigenvalue weighted by atomic mass is 15.3. The lowest BCUT2D eigenvalue weighted by atomic mass is 9.98. The van der Waals surface area contributed by atoms with Crippen LogP contribution in [0, 0.1) is 5.92 Å². The van der Waals surface area contributed by atoms with Crippen LogP contribution in [-0.2, 0) is 6.54 Å². The number of nitrogen functional groups attached to an aromatic ring is 1. The first-order chi connectivity index (χ1) is 9.54. The molecule has 0 amide bonds. The molecule has 1 aromatic heterocycles. The maximum atomic E-state index is 5.74. The van der Waals surface area contributed by atoms with Gasteiger partial charge in [0.15, 0.2) is 0 Å². The van der Waals surface area contributed by atoms with E-state index in [1.165, 1.54) is 12.8 Å². The van der Waals surface area contributed by atoms with E-state index in [9.17, 15) is 0 Å². The third kappa shape index (κ3) is 4.28. The molecule has 2 heterocycles. The zero-order valence-corrected chi connectivity index (χ0v) is 12.6. The molecule has 1 saturated heterocycles. The minimum Gasteiger partial charge on any atom is -0.368 e. The average molecular weight is 279 g/mol. The molecule has 1 aliphatic rings. The van der Waals surface area contributed by atoms with Gasteiger partial charge in [-0.05, 0) is 38.9 Å². The van der Waals surface area contributed by atoms with E-state index in [0.29, 0.717) is 12.5 Å². The van der Waals surface area contributed by atoms with E-state index < -0.39 is 0 Å². The Balaban J connectivity index is 1.94. The van der Waals surface area contributed by atoms with Crippen molar-refractivity contribution in [1.29, 1.82) is 0 Å². The van der Waals surface area contributed by atoms with Crippen molar-refractivity contribution in [2.24, 2.45) is 5.92 Å². The number of hydrogen-bond acceptors (Lipinski definition) is 7. The van der Waals surface area contributed by atoms with Crippen molar-refractivity contribution in [3.05, 3.63) is 5.82 Å². The number of nitrogens with one attached hydrogen (secondary N) is 1. The highest BCUT2D eigenvalue weighted by Crippen LogP contribution is 2.14. The molecule has 2 rings (SSSR count). The van der Waals surface area contributed by atoms with Crippen molar-refractivity contribution < 1.29 is 0 Å². The third-order valence-electron chi connectivity index (χ3n) is 3.53. The van der Waals surface area contributed by atoms with E-state index in [-0.39, 0.29) is 5.95 Å². The zero-order valence-electron chi connectivity index (χ0n) is 12.6. The Labute approximate surface area is 120 Å². The van der Waals surface area contributed by atoms with Gasteiger partial charge in [-0.15, -0.1) is 0 Å². The number of nitrogens with two attached hydrogens (primary N) is 1. The van der Waals surface area contributed by atoms with Gasteiger partial charge in [0.25, 0.3) is 0 Å². The van der Waals surface area contributed by atoms with Crippen molar-refractivity contribution in [2.45, 2.75) is 19.4 Å². The predicted octanol–water partition coefficient (Wildman–Crippen LogP) is -0.0488. The number of piperidine rings is 1. The van der Waals surface area contributed by atoms with Crippen LogP contribution in [0.1, 0.15) is 18.7 Å². The lowest BCUT2D eigenvalue weighted by Gasteiger charge is -2.27. The van der Waals surface area contributed by atoms with Crippen molar-refractivity contribution in [1.82, 2.24) is 25.2 Å². The van der Waals surface area contributed by atoms with Crippen LogP contribution in [0.15, 0.2) is 0 Å². The van der Waals surface area contributed by atoms with Gasteiger partial charge in [0, 0.05) is 20.6 Å². The normalized spacial score (nSPS) is 16.6. The molecular weight excluding hydrogens is 254 g/mol. The highest BCUT2D eigenvalue weighted by molar-refractivity contribution is 5.32. The standard InChI is InChI=1S/C13H25N7/c1-19(2)13-17-11(16-12(14)18-13)9-20(3)8-10-4-6-15-7-5-10/h10,15H,4-9H2,1-3H3,(H2,14,16,17,18). The van der Waals surface area contributed by atoms with E-state index in [4.69, 9.17) is 5.73 Å². The van der Waals surface area contributed by atoms with E-state index in [1.807, 2.05) is 19.0 Å². The summed E-state index contributed by atoms with van der Waals surface area (Å²) in [6.07, 6.45) is 2.49. The monoisotopic (exact) mass is 279 g/mol. The molecule has 1 aromatic rings. The quantitative estimate of drug-likeness (QED) is 0.782. The van der Waals surface area contributed by atoms with Crippen LogP contribution in [-0.4, -0.2) is 60.6 Å². The van der Waals surface area contributed by atoms with Crippen molar-refractivity contribution in [2.75, 3.05) is 51.4 Å². The average Bonchev–Trinajstić information content (AvgIpc) is 2.38. The van der Waals surface area contributed by atoms with Crippen LogP contribution in [0.5, 0.6) is 0 Å². The maximum Gasteiger partial charge on any atom is 0.229 e. The van der Waals surface area contributed by atoms with E-state index >= 15 is 0 Å². The topological polar surface area (TPSA) is 83.2 Å². The first-order valence-corrected chi connectivity index (χ1v) is 7.11. The molecule has 20 heavy (non-hydrogen) atoms. The fourth-order valence-corrected chi connectivity index (χ4v) is 2.51. The number of rotatable bonds is 5. The van der Waals surface area contributed by atoms with Crippen molar-refractivity contribution in [3.63, 3.8) is 0 Å². The second kappa shape index (κ2) is 6.81. The summed E-state index contributed by atoms with van der Waals surface area (Å²) in [5.74, 6) is 2.39. The Morgan fingerprint density at radius 1 is 1.15 bits per heavy atom. The number of hydrogen-bond donors (Lipinski definition) is 2.